The van der Waals surface area contributed by atoms with Crippen LogP contribution >= 0.6 is 23.2 Å². The molecule has 2 saturated carbocycles. The van der Waals surface area contributed by atoms with Crippen LogP contribution in [0, 0.1) is 11.3 Å². The number of aliphatic hydroxyl groups is 1. The molecule has 128 valence electrons. The Bertz CT molecular complexity index is 857. The van der Waals surface area contributed by atoms with E-state index in [9.17, 15) is 5.11 Å². The van der Waals surface area contributed by atoms with Crippen molar-refractivity contribution in [3.8, 4) is 0 Å². The third-order valence-corrected chi connectivity index (χ3v) is 6.02. The Kier molecular flexibility index (Phi) is 2.92. The van der Waals surface area contributed by atoms with E-state index >= 15 is 0 Å². The summed E-state index contributed by atoms with van der Waals surface area (Å²) >= 11 is 12.1. The number of aromatic nitrogens is 4. The molecule has 24 heavy (non-hydrogen) atoms. The normalized spacial score (nSPS) is 39.2. The highest BCUT2D eigenvalue weighted by Gasteiger charge is 2.75. The van der Waals surface area contributed by atoms with Gasteiger partial charge < -0.3 is 19.1 Å². The minimum Gasteiger partial charge on any atom is -0.396 e. The lowest BCUT2D eigenvalue weighted by atomic mass is 10.0. The molecule has 0 spiro atoms. The zero-order chi connectivity index (χ0) is 16.9. The molecule has 7 nitrogen and oxygen atoms in total. The molecule has 5 rings (SSSR count). The van der Waals surface area contributed by atoms with Crippen molar-refractivity contribution >= 4 is 34.4 Å². The molecular weight excluding hydrogens is 355 g/mol. The second kappa shape index (κ2) is 4.59. The van der Waals surface area contributed by atoms with Gasteiger partial charge in [-0.25, -0.2) is 9.97 Å². The van der Waals surface area contributed by atoms with E-state index in [4.69, 9.17) is 32.7 Å². The van der Waals surface area contributed by atoms with Crippen LogP contribution in [-0.2, 0) is 9.47 Å². The van der Waals surface area contributed by atoms with Gasteiger partial charge in [-0.05, 0) is 37.8 Å². The van der Waals surface area contributed by atoms with Crippen LogP contribution in [0.2, 0.25) is 10.4 Å². The summed E-state index contributed by atoms with van der Waals surface area (Å²) in [6.45, 7) is 3.87. The van der Waals surface area contributed by atoms with Gasteiger partial charge in [0.25, 0.3) is 0 Å². The minimum atomic E-state index is -0.677. The SMILES string of the molecule is CC1(C)O[C@H]2[C@H](n3cnc4c(Cl)nc(Cl)nc43)[C@H]3C[C@@]3(CO)[C@H]2O1. The fourth-order valence-corrected chi connectivity index (χ4v) is 4.97. The van der Waals surface area contributed by atoms with Gasteiger partial charge >= 0.3 is 0 Å². The van der Waals surface area contributed by atoms with Gasteiger partial charge in [0.2, 0.25) is 5.28 Å². The number of halogens is 2. The molecule has 2 aliphatic carbocycles. The van der Waals surface area contributed by atoms with Gasteiger partial charge in [-0.1, -0.05) is 11.6 Å². The van der Waals surface area contributed by atoms with E-state index in [2.05, 4.69) is 15.0 Å². The van der Waals surface area contributed by atoms with Gasteiger partial charge in [0, 0.05) is 5.41 Å². The van der Waals surface area contributed by atoms with Crippen molar-refractivity contribution in [2.75, 3.05) is 6.61 Å². The summed E-state index contributed by atoms with van der Waals surface area (Å²) in [6, 6.07) is -0.0315. The lowest BCUT2D eigenvalue weighted by Crippen LogP contribution is -2.33. The number of rotatable bonds is 2. The lowest BCUT2D eigenvalue weighted by molar-refractivity contribution is -0.163. The predicted octanol–water partition coefficient (Wildman–Crippen LogP) is 2.21. The Labute approximate surface area is 147 Å². The molecule has 1 saturated heterocycles. The largest absolute Gasteiger partial charge is 0.396 e. The molecule has 2 aromatic rings. The molecule has 5 atom stereocenters. The topological polar surface area (TPSA) is 82.3 Å². The van der Waals surface area contributed by atoms with Crippen LogP contribution in [-0.4, -0.2) is 49.2 Å². The third kappa shape index (κ3) is 1.82. The average molecular weight is 371 g/mol. The summed E-state index contributed by atoms with van der Waals surface area (Å²) in [4.78, 5) is 12.6. The summed E-state index contributed by atoms with van der Waals surface area (Å²) < 4.78 is 14.2. The number of ether oxygens (including phenoxy) is 2. The smallest absolute Gasteiger partial charge is 0.225 e. The van der Waals surface area contributed by atoms with Crippen LogP contribution in [0.15, 0.2) is 6.33 Å². The van der Waals surface area contributed by atoms with Crippen molar-refractivity contribution in [2.24, 2.45) is 11.3 Å². The van der Waals surface area contributed by atoms with Crippen LogP contribution in [0.4, 0.5) is 0 Å². The van der Waals surface area contributed by atoms with Gasteiger partial charge in [-0.15, -0.1) is 0 Å². The van der Waals surface area contributed by atoms with Crippen LogP contribution in [0.25, 0.3) is 11.2 Å². The minimum absolute atomic E-state index is 0.0315. The molecule has 3 fully saturated rings. The zero-order valence-corrected chi connectivity index (χ0v) is 14.6. The zero-order valence-electron chi connectivity index (χ0n) is 13.1. The van der Waals surface area contributed by atoms with E-state index in [-0.39, 0.29) is 46.6 Å². The quantitative estimate of drug-likeness (QED) is 0.644. The number of hydrogen-bond acceptors (Lipinski definition) is 6. The summed E-state index contributed by atoms with van der Waals surface area (Å²) in [5.74, 6) is -0.428. The highest BCUT2D eigenvalue weighted by atomic mass is 35.5. The number of aliphatic hydroxyl groups excluding tert-OH is 1. The first-order valence-corrected chi connectivity index (χ1v) is 8.64. The van der Waals surface area contributed by atoms with Crippen LogP contribution < -0.4 is 0 Å². The van der Waals surface area contributed by atoms with Gasteiger partial charge in [-0.3, -0.25) is 0 Å². The standard InChI is InChI=1S/C15H16Cl2N4O3/c1-14(2)23-9-8(6-3-15(6,4-22)10(9)24-14)21-5-18-7-11(16)19-13(17)20-12(7)21/h5-6,8-10,22H,3-4H2,1-2H3/t6-,8-,9+,10+,15+/m1/s1. The van der Waals surface area contributed by atoms with E-state index in [1.165, 1.54) is 0 Å². The van der Waals surface area contributed by atoms with Gasteiger partial charge in [0.1, 0.15) is 11.6 Å². The molecule has 1 aliphatic heterocycles. The molecular formula is C15H16Cl2N4O3. The fraction of sp³-hybridized carbons (Fsp3) is 0.667. The second-order valence-corrected chi connectivity index (χ2v) is 8.02. The maximum atomic E-state index is 9.97. The summed E-state index contributed by atoms with van der Waals surface area (Å²) in [7, 11) is 0. The van der Waals surface area contributed by atoms with E-state index in [0.29, 0.717) is 11.2 Å². The van der Waals surface area contributed by atoms with E-state index < -0.39 is 5.79 Å². The Morgan fingerprint density at radius 2 is 2.12 bits per heavy atom. The second-order valence-electron chi connectivity index (χ2n) is 7.32. The lowest BCUT2D eigenvalue weighted by Gasteiger charge is -2.24. The number of imidazole rings is 1. The maximum absolute atomic E-state index is 9.97. The van der Waals surface area contributed by atoms with Crippen molar-refractivity contribution < 1.29 is 14.6 Å². The number of fused-ring (bicyclic) bond motifs is 4. The van der Waals surface area contributed by atoms with Crippen molar-refractivity contribution in [3.05, 3.63) is 16.8 Å². The molecule has 0 amide bonds. The van der Waals surface area contributed by atoms with Crippen molar-refractivity contribution in [3.63, 3.8) is 0 Å². The van der Waals surface area contributed by atoms with Gasteiger partial charge in [-0.2, -0.15) is 4.98 Å². The molecule has 2 aromatic heterocycles. The average Bonchev–Trinajstić information content (AvgIpc) is 2.78. The molecule has 9 heteroatoms. The molecule has 3 aliphatic rings. The molecule has 3 heterocycles. The Morgan fingerprint density at radius 1 is 1.33 bits per heavy atom. The first-order valence-electron chi connectivity index (χ1n) is 7.88. The van der Waals surface area contributed by atoms with Crippen LogP contribution in [0.3, 0.4) is 0 Å². The van der Waals surface area contributed by atoms with E-state index in [1.54, 1.807) is 6.33 Å². The highest BCUT2D eigenvalue weighted by molar-refractivity contribution is 6.35. The summed E-state index contributed by atoms with van der Waals surface area (Å²) in [6.07, 6.45) is 2.28. The maximum Gasteiger partial charge on any atom is 0.225 e. The van der Waals surface area contributed by atoms with E-state index in [0.717, 1.165) is 6.42 Å². The van der Waals surface area contributed by atoms with Gasteiger partial charge in [0.15, 0.2) is 16.6 Å². The Morgan fingerprint density at radius 3 is 2.88 bits per heavy atom. The molecule has 0 radical (unpaired) electrons. The number of hydrogen-bond donors (Lipinski definition) is 1. The van der Waals surface area contributed by atoms with Crippen molar-refractivity contribution in [1.82, 2.24) is 19.5 Å². The molecule has 0 bridgehead atoms. The summed E-state index contributed by atoms with van der Waals surface area (Å²) in [5.41, 5.74) is 0.843. The van der Waals surface area contributed by atoms with Crippen LogP contribution in [0.5, 0.6) is 0 Å². The fourth-order valence-electron chi connectivity index (χ4n) is 4.55. The van der Waals surface area contributed by atoms with Crippen LogP contribution in [0.1, 0.15) is 26.3 Å². The van der Waals surface area contributed by atoms with E-state index in [1.807, 2.05) is 18.4 Å². The Balaban J connectivity index is 1.65. The molecule has 1 N–H and O–H groups in total. The van der Waals surface area contributed by atoms with Crippen molar-refractivity contribution in [2.45, 2.75) is 44.3 Å². The molecule has 0 unspecified atom stereocenters. The third-order valence-electron chi connectivity index (χ3n) is 5.59. The number of nitrogens with zero attached hydrogens (tertiary/aromatic N) is 4. The monoisotopic (exact) mass is 370 g/mol. The highest BCUT2D eigenvalue weighted by Crippen LogP contribution is 2.71. The first kappa shape index (κ1) is 15.3. The van der Waals surface area contributed by atoms with Crippen molar-refractivity contribution in [1.29, 1.82) is 0 Å². The summed E-state index contributed by atoms with van der Waals surface area (Å²) in [5, 5.41) is 10.3. The first-order chi connectivity index (χ1) is 11.4. The van der Waals surface area contributed by atoms with Gasteiger partial charge in [0.05, 0.1) is 25.1 Å². The Hall–Kier alpha value is -0.990. The predicted molar refractivity (Wildman–Crippen MR) is 85.8 cm³/mol. The molecule has 0 aromatic carbocycles.